The van der Waals surface area contributed by atoms with Crippen molar-refractivity contribution in [3.8, 4) is 0 Å². The summed E-state index contributed by atoms with van der Waals surface area (Å²) in [6.07, 6.45) is 0.553. The second-order valence-corrected chi connectivity index (χ2v) is 11.7. The first-order valence-electron chi connectivity index (χ1n) is 10.5. The van der Waals surface area contributed by atoms with Crippen molar-refractivity contribution in [2.24, 2.45) is 10.9 Å². The molecule has 0 atom stereocenters. The van der Waals surface area contributed by atoms with Gasteiger partial charge in [0.05, 0.1) is 16.8 Å². The summed E-state index contributed by atoms with van der Waals surface area (Å²) in [5.41, 5.74) is -0.0390. The molecule has 1 saturated heterocycles. The van der Waals surface area contributed by atoms with Gasteiger partial charge in [0.2, 0.25) is 0 Å². The lowest BCUT2D eigenvalue weighted by Crippen LogP contribution is -2.40. The molecule has 3 heterocycles. The minimum Gasteiger partial charge on any atom is -0.465 e. The zero-order valence-electron chi connectivity index (χ0n) is 18.1. The standard InChI is InChI=1S/C21H21F2N3O5S3/c1-2-31-17(27)12-26-19-15(23)10-14(22)11-16(19)33-21(26)24-20(28)13-5-7-25(8-6-13)34(29,30)18-4-3-9-32-18/h3-4,9-11,13H,2,5-8,12H2,1H3. The lowest BCUT2D eigenvalue weighted by atomic mass is 9.98. The molecule has 1 aromatic carbocycles. The van der Waals surface area contributed by atoms with Crippen LogP contribution < -0.4 is 4.80 Å². The van der Waals surface area contributed by atoms with E-state index in [0.29, 0.717) is 6.07 Å². The molecule has 3 aromatic rings. The molecule has 34 heavy (non-hydrogen) atoms. The topological polar surface area (TPSA) is 98.0 Å². The van der Waals surface area contributed by atoms with E-state index in [1.54, 1.807) is 18.4 Å². The summed E-state index contributed by atoms with van der Waals surface area (Å²) in [7, 11) is -3.60. The van der Waals surface area contributed by atoms with E-state index in [1.807, 2.05) is 0 Å². The molecule has 13 heteroatoms. The van der Waals surface area contributed by atoms with Gasteiger partial charge in [-0.2, -0.15) is 9.30 Å². The average molecular weight is 530 g/mol. The second-order valence-electron chi connectivity index (χ2n) is 7.57. The average Bonchev–Trinajstić information content (AvgIpc) is 3.43. The smallest absolute Gasteiger partial charge is 0.326 e. The number of thiazole rings is 1. The molecule has 1 aliphatic rings. The van der Waals surface area contributed by atoms with E-state index in [2.05, 4.69) is 4.99 Å². The molecule has 1 aliphatic heterocycles. The number of thiophene rings is 1. The molecule has 8 nitrogen and oxygen atoms in total. The molecule has 0 saturated carbocycles. The number of carbonyl (C=O) groups excluding carboxylic acids is 2. The quantitative estimate of drug-likeness (QED) is 0.457. The van der Waals surface area contributed by atoms with Crippen molar-refractivity contribution in [1.29, 1.82) is 0 Å². The van der Waals surface area contributed by atoms with Crippen molar-refractivity contribution < 1.29 is 31.5 Å². The van der Waals surface area contributed by atoms with Gasteiger partial charge >= 0.3 is 5.97 Å². The molecular formula is C21H21F2N3O5S3. The van der Waals surface area contributed by atoms with Crippen LogP contribution in [0.2, 0.25) is 0 Å². The van der Waals surface area contributed by atoms with Gasteiger partial charge in [0, 0.05) is 25.1 Å². The predicted molar refractivity (Wildman–Crippen MR) is 123 cm³/mol. The van der Waals surface area contributed by atoms with Crippen molar-refractivity contribution in [2.75, 3.05) is 19.7 Å². The third kappa shape index (κ3) is 4.97. The maximum atomic E-state index is 14.5. The normalized spacial score (nSPS) is 16.3. The van der Waals surface area contributed by atoms with Gasteiger partial charge in [0.25, 0.3) is 15.9 Å². The number of piperidine rings is 1. The molecule has 0 unspecified atom stereocenters. The van der Waals surface area contributed by atoms with Crippen LogP contribution in [0.5, 0.6) is 0 Å². The Kier molecular flexibility index (Phi) is 7.26. The lowest BCUT2D eigenvalue weighted by molar-refractivity contribution is -0.143. The fourth-order valence-electron chi connectivity index (χ4n) is 3.76. The van der Waals surface area contributed by atoms with Crippen LogP contribution in [-0.2, 0) is 30.9 Å². The Morgan fingerprint density at radius 2 is 1.97 bits per heavy atom. The van der Waals surface area contributed by atoms with Gasteiger partial charge in [0.1, 0.15) is 16.6 Å². The molecule has 1 fully saturated rings. The number of ether oxygens (including phenoxy) is 1. The number of fused-ring (bicyclic) bond motifs is 1. The zero-order chi connectivity index (χ0) is 24.5. The van der Waals surface area contributed by atoms with E-state index < -0.39 is 39.5 Å². The summed E-state index contributed by atoms with van der Waals surface area (Å²) >= 11 is 2.03. The highest BCUT2D eigenvalue weighted by atomic mass is 32.2. The highest BCUT2D eigenvalue weighted by molar-refractivity contribution is 7.91. The monoisotopic (exact) mass is 529 g/mol. The minimum absolute atomic E-state index is 0.0390. The number of sulfonamides is 1. The van der Waals surface area contributed by atoms with E-state index in [-0.39, 0.29) is 58.3 Å². The SMILES string of the molecule is CCOC(=O)Cn1c(=NC(=O)C2CCN(S(=O)(=O)c3cccs3)CC2)sc2cc(F)cc(F)c21. The van der Waals surface area contributed by atoms with Gasteiger partial charge in [-0.25, -0.2) is 17.2 Å². The van der Waals surface area contributed by atoms with Crippen LogP contribution in [0.15, 0.2) is 38.8 Å². The van der Waals surface area contributed by atoms with Crippen LogP contribution in [0.25, 0.3) is 10.2 Å². The van der Waals surface area contributed by atoms with E-state index in [4.69, 9.17) is 4.74 Å². The first kappa shape index (κ1) is 24.6. The van der Waals surface area contributed by atoms with E-state index >= 15 is 0 Å². The fourth-order valence-corrected chi connectivity index (χ4v) is 7.45. The molecule has 1 amide bonds. The van der Waals surface area contributed by atoms with Gasteiger partial charge in [-0.1, -0.05) is 17.4 Å². The van der Waals surface area contributed by atoms with Gasteiger partial charge in [-0.05, 0) is 37.3 Å². The van der Waals surface area contributed by atoms with Crippen molar-refractivity contribution in [3.63, 3.8) is 0 Å². The summed E-state index contributed by atoms with van der Waals surface area (Å²) in [6.45, 7) is 1.70. The Labute approximate surface area is 202 Å². The molecule has 2 aromatic heterocycles. The Hall–Kier alpha value is -2.48. The maximum Gasteiger partial charge on any atom is 0.326 e. The largest absolute Gasteiger partial charge is 0.465 e. The summed E-state index contributed by atoms with van der Waals surface area (Å²) in [6, 6.07) is 5.02. The number of esters is 1. The van der Waals surface area contributed by atoms with Gasteiger partial charge in [0.15, 0.2) is 10.6 Å². The number of nitrogens with zero attached hydrogens (tertiary/aromatic N) is 3. The van der Waals surface area contributed by atoms with Crippen LogP contribution in [-0.4, -0.2) is 48.9 Å². The first-order chi connectivity index (χ1) is 16.2. The summed E-state index contributed by atoms with van der Waals surface area (Å²) in [5.74, 6) is -3.34. The van der Waals surface area contributed by atoms with Crippen LogP contribution >= 0.6 is 22.7 Å². The van der Waals surface area contributed by atoms with E-state index in [0.717, 1.165) is 28.7 Å². The van der Waals surface area contributed by atoms with Crippen molar-refractivity contribution >= 4 is 54.8 Å². The molecule has 0 spiro atoms. The Morgan fingerprint density at radius 3 is 2.62 bits per heavy atom. The molecule has 0 bridgehead atoms. The summed E-state index contributed by atoms with van der Waals surface area (Å²) in [4.78, 5) is 29.2. The number of halogens is 2. The Balaban J connectivity index is 1.59. The highest BCUT2D eigenvalue weighted by Gasteiger charge is 2.32. The van der Waals surface area contributed by atoms with Crippen molar-refractivity contribution in [3.05, 3.63) is 46.1 Å². The minimum atomic E-state index is -3.60. The second kappa shape index (κ2) is 10.0. The highest BCUT2D eigenvalue weighted by Crippen LogP contribution is 2.27. The summed E-state index contributed by atoms with van der Waals surface area (Å²) in [5, 5.41) is 1.69. The van der Waals surface area contributed by atoms with Crippen LogP contribution in [0.3, 0.4) is 0 Å². The van der Waals surface area contributed by atoms with E-state index in [9.17, 15) is 26.8 Å². The predicted octanol–water partition coefficient (Wildman–Crippen LogP) is 3.13. The van der Waals surface area contributed by atoms with Crippen LogP contribution in [0.1, 0.15) is 19.8 Å². The number of benzene rings is 1. The molecule has 0 N–H and O–H groups in total. The summed E-state index contributed by atoms with van der Waals surface area (Å²) < 4.78 is 61.6. The molecule has 4 rings (SSSR count). The van der Waals surface area contributed by atoms with Gasteiger partial charge in [-0.3, -0.25) is 9.59 Å². The number of rotatable bonds is 6. The van der Waals surface area contributed by atoms with Crippen LogP contribution in [0, 0.1) is 17.6 Å². The maximum absolute atomic E-state index is 14.5. The Morgan fingerprint density at radius 1 is 1.24 bits per heavy atom. The lowest BCUT2D eigenvalue weighted by Gasteiger charge is -2.29. The zero-order valence-corrected chi connectivity index (χ0v) is 20.5. The number of hydrogen-bond acceptors (Lipinski definition) is 7. The first-order valence-corrected chi connectivity index (χ1v) is 13.6. The molecular weight excluding hydrogens is 508 g/mol. The van der Waals surface area contributed by atoms with Crippen molar-refractivity contribution in [2.45, 2.75) is 30.5 Å². The Bertz CT molecular complexity index is 1390. The molecule has 0 radical (unpaired) electrons. The molecule has 182 valence electrons. The van der Waals surface area contributed by atoms with Crippen LogP contribution in [0.4, 0.5) is 8.78 Å². The fraction of sp³-hybridized carbons (Fsp3) is 0.381. The third-order valence-electron chi connectivity index (χ3n) is 5.39. The number of hydrogen-bond donors (Lipinski definition) is 0. The van der Waals surface area contributed by atoms with Gasteiger partial charge < -0.3 is 9.30 Å². The van der Waals surface area contributed by atoms with E-state index in [1.165, 1.54) is 14.9 Å². The number of amides is 1. The number of aromatic nitrogens is 1. The molecule has 0 aliphatic carbocycles. The number of carbonyl (C=O) groups is 2. The van der Waals surface area contributed by atoms with Gasteiger partial charge in [-0.15, -0.1) is 11.3 Å². The third-order valence-corrected chi connectivity index (χ3v) is 9.68. The van der Waals surface area contributed by atoms with Crippen molar-refractivity contribution in [1.82, 2.24) is 8.87 Å².